The Labute approximate surface area is 128 Å². The third-order valence-corrected chi connectivity index (χ3v) is 3.80. The third kappa shape index (κ3) is 2.83. The summed E-state index contributed by atoms with van der Waals surface area (Å²) in [6, 6.07) is 7.69. The Morgan fingerprint density at radius 2 is 2.14 bits per heavy atom. The second-order valence-electron chi connectivity index (χ2n) is 5.60. The van der Waals surface area contributed by atoms with Gasteiger partial charge in [-0.1, -0.05) is 12.1 Å². The van der Waals surface area contributed by atoms with Gasteiger partial charge in [-0.25, -0.2) is 4.98 Å². The van der Waals surface area contributed by atoms with E-state index in [9.17, 15) is 4.79 Å². The van der Waals surface area contributed by atoms with Gasteiger partial charge in [0.05, 0.1) is 0 Å². The summed E-state index contributed by atoms with van der Waals surface area (Å²) in [5.41, 5.74) is 7.61. The molecule has 1 fully saturated rings. The molecule has 22 heavy (non-hydrogen) atoms. The number of carbonyl (C=O) groups excluding carboxylic acids is 1. The molecule has 1 saturated carbocycles. The number of fused-ring (bicyclic) bond motifs is 1. The van der Waals surface area contributed by atoms with Crippen molar-refractivity contribution in [3.05, 3.63) is 42.2 Å². The highest BCUT2D eigenvalue weighted by Gasteiger charge is 2.29. The van der Waals surface area contributed by atoms with Crippen LogP contribution in [0.1, 0.15) is 25.3 Å². The van der Waals surface area contributed by atoms with Gasteiger partial charge >= 0.3 is 0 Å². The minimum atomic E-state index is 0.0521. The maximum atomic E-state index is 11.8. The van der Waals surface area contributed by atoms with Crippen molar-refractivity contribution in [1.29, 1.82) is 5.41 Å². The third-order valence-electron chi connectivity index (χ3n) is 3.80. The van der Waals surface area contributed by atoms with Crippen molar-refractivity contribution in [3.8, 4) is 0 Å². The Morgan fingerprint density at radius 1 is 1.36 bits per heavy atom. The van der Waals surface area contributed by atoms with Crippen molar-refractivity contribution in [2.45, 2.75) is 19.8 Å². The Morgan fingerprint density at radius 3 is 2.77 bits per heavy atom. The summed E-state index contributed by atoms with van der Waals surface area (Å²) in [5, 5.41) is 12.5. The summed E-state index contributed by atoms with van der Waals surface area (Å²) in [6.07, 6.45) is 5.12. The van der Waals surface area contributed by atoms with Crippen LogP contribution >= 0.6 is 0 Å². The zero-order valence-corrected chi connectivity index (χ0v) is 12.4. The largest absolute Gasteiger partial charge is 0.404 e. The predicted octanol–water partition coefficient (Wildman–Crippen LogP) is 2.92. The van der Waals surface area contributed by atoms with Crippen molar-refractivity contribution in [2.75, 3.05) is 5.32 Å². The molecule has 1 amide bonds. The number of nitrogens with two attached hydrogens (primary N) is 1. The Bertz CT molecular complexity index is 790. The summed E-state index contributed by atoms with van der Waals surface area (Å²) in [4.78, 5) is 16.1. The van der Waals surface area contributed by atoms with Crippen LogP contribution in [0.2, 0.25) is 0 Å². The van der Waals surface area contributed by atoms with Crippen LogP contribution in [0.5, 0.6) is 0 Å². The molecule has 0 bridgehead atoms. The number of hydrogen-bond acceptors (Lipinski definition) is 4. The summed E-state index contributed by atoms with van der Waals surface area (Å²) in [6.45, 7) is 1.71. The van der Waals surface area contributed by atoms with Gasteiger partial charge in [0, 0.05) is 35.0 Å². The van der Waals surface area contributed by atoms with E-state index < -0.39 is 0 Å². The van der Waals surface area contributed by atoms with Gasteiger partial charge in [0.25, 0.3) is 0 Å². The number of aromatic nitrogens is 1. The van der Waals surface area contributed by atoms with E-state index in [4.69, 9.17) is 11.1 Å². The summed E-state index contributed by atoms with van der Waals surface area (Å²) in [7, 11) is 0. The second-order valence-corrected chi connectivity index (χ2v) is 5.60. The Balaban J connectivity index is 1.90. The van der Waals surface area contributed by atoms with Crippen LogP contribution < -0.4 is 11.1 Å². The lowest BCUT2D eigenvalue weighted by atomic mass is 10.0. The first kappa shape index (κ1) is 14.3. The van der Waals surface area contributed by atoms with E-state index in [-0.39, 0.29) is 11.8 Å². The highest BCUT2D eigenvalue weighted by Crippen LogP contribution is 2.30. The van der Waals surface area contributed by atoms with Gasteiger partial charge in [-0.15, -0.1) is 0 Å². The number of nitrogens with zero attached hydrogens (tertiary/aromatic N) is 1. The fourth-order valence-electron chi connectivity index (χ4n) is 2.39. The molecular formula is C17H18N4O. The molecule has 0 atom stereocenters. The molecule has 0 unspecified atom stereocenters. The fraction of sp³-hybridized carbons (Fsp3) is 0.235. The number of amides is 1. The molecule has 1 aliphatic rings. The molecule has 3 rings (SSSR count). The molecule has 5 nitrogen and oxygen atoms in total. The molecule has 0 spiro atoms. The van der Waals surface area contributed by atoms with E-state index >= 15 is 0 Å². The van der Waals surface area contributed by atoms with Gasteiger partial charge in [0.2, 0.25) is 5.91 Å². The number of rotatable bonds is 4. The summed E-state index contributed by atoms with van der Waals surface area (Å²) < 4.78 is 0. The van der Waals surface area contributed by atoms with Crippen LogP contribution in [0.25, 0.3) is 16.3 Å². The molecule has 1 aromatic heterocycles. The molecule has 1 heterocycles. The molecule has 0 saturated heterocycles. The maximum absolute atomic E-state index is 11.8. The molecular weight excluding hydrogens is 276 g/mol. The lowest BCUT2D eigenvalue weighted by Gasteiger charge is -2.08. The second kappa shape index (κ2) is 5.60. The van der Waals surface area contributed by atoms with Gasteiger partial charge in [0.15, 0.2) is 0 Å². The first-order chi connectivity index (χ1) is 10.6. The quantitative estimate of drug-likeness (QED) is 0.757. The fourth-order valence-corrected chi connectivity index (χ4v) is 2.39. The molecule has 1 aliphatic carbocycles. The first-order valence-corrected chi connectivity index (χ1v) is 7.27. The van der Waals surface area contributed by atoms with Crippen molar-refractivity contribution in [2.24, 2.45) is 11.7 Å². The molecule has 5 heteroatoms. The monoisotopic (exact) mass is 294 g/mol. The first-order valence-electron chi connectivity index (χ1n) is 7.27. The van der Waals surface area contributed by atoms with Gasteiger partial charge in [0.1, 0.15) is 5.82 Å². The standard InChI is InChI=1S/C17H18N4O/c1-10(19)15(8-18)13-5-4-12-7-16(20-9-14(12)6-13)21-17(22)11-2-3-11/h4-9,11,19H,2-3,18H2,1H3,(H,20,21,22)/b15-8+,19-10?. The van der Waals surface area contributed by atoms with Crippen molar-refractivity contribution in [1.82, 2.24) is 4.98 Å². The van der Waals surface area contributed by atoms with Crippen molar-refractivity contribution < 1.29 is 4.79 Å². The van der Waals surface area contributed by atoms with Gasteiger partial charge < -0.3 is 16.5 Å². The number of nitrogens with one attached hydrogen (secondary N) is 2. The molecule has 0 aliphatic heterocycles. The maximum Gasteiger partial charge on any atom is 0.228 e. The van der Waals surface area contributed by atoms with E-state index in [1.807, 2.05) is 24.3 Å². The average molecular weight is 294 g/mol. The molecule has 2 aromatic rings. The van der Waals surface area contributed by atoms with E-state index in [0.29, 0.717) is 17.1 Å². The summed E-state index contributed by atoms with van der Waals surface area (Å²) >= 11 is 0. The minimum Gasteiger partial charge on any atom is -0.404 e. The normalized spacial score (nSPS) is 14.9. The zero-order chi connectivity index (χ0) is 15.7. The zero-order valence-electron chi connectivity index (χ0n) is 12.4. The van der Waals surface area contributed by atoms with E-state index in [2.05, 4.69) is 10.3 Å². The van der Waals surface area contributed by atoms with E-state index in [0.717, 1.165) is 29.2 Å². The number of pyridine rings is 1. The number of anilines is 1. The number of benzene rings is 1. The van der Waals surface area contributed by atoms with Gasteiger partial charge in [-0.3, -0.25) is 4.79 Å². The van der Waals surface area contributed by atoms with Crippen LogP contribution in [0, 0.1) is 11.3 Å². The van der Waals surface area contributed by atoms with Gasteiger partial charge in [-0.05, 0) is 42.8 Å². The minimum absolute atomic E-state index is 0.0521. The lowest BCUT2D eigenvalue weighted by Crippen LogP contribution is -2.14. The molecule has 112 valence electrons. The number of hydrogen-bond donors (Lipinski definition) is 3. The lowest BCUT2D eigenvalue weighted by molar-refractivity contribution is -0.117. The molecule has 0 radical (unpaired) electrons. The smallest absolute Gasteiger partial charge is 0.228 e. The molecule has 1 aromatic carbocycles. The van der Waals surface area contributed by atoms with Crippen LogP contribution in [0.3, 0.4) is 0 Å². The van der Waals surface area contributed by atoms with Crippen LogP contribution in [0.15, 0.2) is 36.7 Å². The summed E-state index contributed by atoms with van der Waals surface area (Å²) in [5.74, 6) is 0.791. The van der Waals surface area contributed by atoms with E-state index in [1.54, 1.807) is 13.1 Å². The van der Waals surface area contributed by atoms with E-state index in [1.165, 1.54) is 6.20 Å². The van der Waals surface area contributed by atoms with Crippen LogP contribution in [-0.4, -0.2) is 16.6 Å². The highest BCUT2D eigenvalue weighted by atomic mass is 16.2. The topological polar surface area (TPSA) is 91.9 Å². The number of carbonyl (C=O) groups is 1. The highest BCUT2D eigenvalue weighted by molar-refractivity contribution is 6.21. The number of allylic oxidation sites excluding steroid dienone is 1. The Kier molecular flexibility index (Phi) is 3.63. The van der Waals surface area contributed by atoms with Crippen LogP contribution in [0.4, 0.5) is 5.82 Å². The van der Waals surface area contributed by atoms with Crippen LogP contribution in [-0.2, 0) is 4.79 Å². The van der Waals surface area contributed by atoms with Crippen molar-refractivity contribution in [3.63, 3.8) is 0 Å². The average Bonchev–Trinajstić information content (AvgIpc) is 3.32. The van der Waals surface area contributed by atoms with Crippen molar-refractivity contribution >= 4 is 33.8 Å². The molecule has 4 N–H and O–H groups in total. The van der Waals surface area contributed by atoms with Gasteiger partial charge in [-0.2, -0.15) is 0 Å². The predicted molar refractivity (Wildman–Crippen MR) is 88.7 cm³/mol. The SMILES string of the molecule is CC(=N)/C(=C\N)c1ccc2cc(NC(=O)C3CC3)ncc2c1. The Hall–Kier alpha value is -2.69.